The van der Waals surface area contributed by atoms with Gasteiger partial charge in [0.25, 0.3) is 0 Å². The number of nitrogens with one attached hydrogen (secondary N) is 1. The number of hydrogen-bond donors (Lipinski definition) is 1. The van der Waals surface area contributed by atoms with Gasteiger partial charge in [-0.1, -0.05) is 42.1 Å². The molecule has 0 radical (unpaired) electrons. The number of amides is 1. The molecular formula is C24H25FN4OS. The molecule has 1 aliphatic rings. The monoisotopic (exact) mass is 436 g/mol. The maximum absolute atomic E-state index is 13.0. The molecule has 160 valence electrons. The van der Waals surface area contributed by atoms with Gasteiger partial charge in [0.1, 0.15) is 10.8 Å². The molecule has 1 amide bonds. The molecule has 1 saturated heterocycles. The summed E-state index contributed by atoms with van der Waals surface area (Å²) in [6.07, 6.45) is 6.70. The van der Waals surface area contributed by atoms with Crippen LogP contribution < -0.4 is 10.2 Å². The van der Waals surface area contributed by atoms with E-state index in [2.05, 4.69) is 50.5 Å². The summed E-state index contributed by atoms with van der Waals surface area (Å²) < 4.78 is 13.0. The summed E-state index contributed by atoms with van der Waals surface area (Å²) in [6, 6.07) is 16.4. The normalized spacial score (nSPS) is 14.4. The predicted octanol–water partition coefficient (Wildman–Crippen LogP) is 4.81. The van der Waals surface area contributed by atoms with E-state index in [1.54, 1.807) is 24.5 Å². The molecule has 1 fully saturated rings. The highest BCUT2D eigenvalue weighted by Gasteiger charge is 2.23. The van der Waals surface area contributed by atoms with Crippen LogP contribution in [-0.2, 0) is 11.2 Å². The molecule has 1 aliphatic heterocycles. The summed E-state index contributed by atoms with van der Waals surface area (Å²) in [4.78, 5) is 23.6. The number of carbonyl (C=O) groups excluding carboxylic acids is 1. The van der Waals surface area contributed by atoms with E-state index in [1.165, 1.54) is 29.5 Å². The summed E-state index contributed by atoms with van der Waals surface area (Å²) in [6.45, 7) is 1.87. The van der Waals surface area contributed by atoms with E-state index in [0.717, 1.165) is 43.2 Å². The van der Waals surface area contributed by atoms with Gasteiger partial charge in [0.2, 0.25) is 5.91 Å². The van der Waals surface area contributed by atoms with Gasteiger partial charge in [0, 0.05) is 31.2 Å². The Bertz CT molecular complexity index is 992. The van der Waals surface area contributed by atoms with E-state index in [1.807, 2.05) is 0 Å². The molecule has 7 heteroatoms. The minimum absolute atomic E-state index is 0.158. The fourth-order valence-electron chi connectivity index (χ4n) is 3.80. The number of carbonyl (C=O) groups is 1. The molecular weight excluding hydrogens is 411 g/mol. The first-order valence-corrected chi connectivity index (χ1v) is 11.4. The Balaban J connectivity index is 1.31. The van der Waals surface area contributed by atoms with Crippen LogP contribution in [0, 0.1) is 11.7 Å². The first kappa shape index (κ1) is 21.3. The maximum Gasteiger partial charge on any atom is 0.234 e. The molecule has 0 atom stereocenters. The first-order chi connectivity index (χ1) is 15.2. The summed E-state index contributed by atoms with van der Waals surface area (Å²) in [5.41, 5.74) is 1.97. The van der Waals surface area contributed by atoms with Crippen LogP contribution in [0.5, 0.6) is 0 Å². The molecule has 3 aromatic rings. The summed E-state index contributed by atoms with van der Waals surface area (Å²) in [7, 11) is 0. The highest BCUT2D eigenvalue weighted by Crippen LogP contribution is 2.30. The lowest BCUT2D eigenvalue weighted by atomic mass is 9.90. The maximum atomic E-state index is 13.0. The number of thioether (sulfide) groups is 1. The Morgan fingerprint density at radius 3 is 2.48 bits per heavy atom. The van der Waals surface area contributed by atoms with E-state index >= 15 is 0 Å². The summed E-state index contributed by atoms with van der Waals surface area (Å²) >= 11 is 1.37. The van der Waals surface area contributed by atoms with Crippen molar-refractivity contribution in [3.63, 3.8) is 0 Å². The predicted molar refractivity (Wildman–Crippen MR) is 123 cm³/mol. The van der Waals surface area contributed by atoms with E-state index in [-0.39, 0.29) is 17.5 Å². The van der Waals surface area contributed by atoms with Gasteiger partial charge in [-0.25, -0.2) is 14.4 Å². The van der Waals surface area contributed by atoms with Crippen LogP contribution in [0.1, 0.15) is 18.4 Å². The molecule has 2 heterocycles. The molecule has 2 aromatic carbocycles. The molecule has 1 N–H and O–H groups in total. The second-order valence-electron chi connectivity index (χ2n) is 7.65. The minimum atomic E-state index is -0.330. The fraction of sp³-hybridized carbons (Fsp3) is 0.292. The van der Waals surface area contributed by atoms with E-state index < -0.39 is 0 Å². The van der Waals surface area contributed by atoms with Crippen molar-refractivity contribution >= 4 is 29.2 Å². The Kier molecular flexibility index (Phi) is 7.14. The van der Waals surface area contributed by atoms with Gasteiger partial charge < -0.3 is 10.2 Å². The highest BCUT2D eigenvalue weighted by molar-refractivity contribution is 8.00. The van der Waals surface area contributed by atoms with Crippen LogP contribution in [0.25, 0.3) is 0 Å². The smallest absolute Gasteiger partial charge is 0.234 e. The van der Waals surface area contributed by atoms with Crippen molar-refractivity contribution in [3.8, 4) is 0 Å². The average molecular weight is 437 g/mol. The zero-order chi connectivity index (χ0) is 21.5. The highest BCUT2D eigenvalue weighted by atomic mass is 32.2. The van der Waals surface area contributed by atoms with E-state index in [9.17, 15) is 9.18 Å². The second kappa shape index (κ2) is 10.4. The fourth-order valence-corrected chi connectivity index (χ4v) is 4.58. The van der Waals surface area contributed by atoms with Crippen molar-refractivity contribution in [2.75, 3.05) is 29.1 Å². The topological polar surface area (TPSA) is 58.1 Å². The second-order valence-corrected chi connectivity index (χ2v) is 8.61. The van der Waals surface area contributed by atoms with E-state index in [0.29, 0.717) is 11.6 Å². The number of anilines is 2. The molecule has 0 spiro atoms. The molecule has 0 saturated carbocycles. The van der Waals surface area contributed by atoms with Gasteiger partial charge in [0.05, 0.1) is 5.75 Å². The standard InChI is InChI=1S/C24H25FN4OS/c25-20-6-8-21(9-7-20)28-22(30)17-31-24-23(26-12-13-27-24)29-14-10-19(11-15-29)16-18-4-2-1-3-5-18/h1-9,12-13,19H,10-11,14-17H2,(H,28,30). The Morgan fingerprint density at radius 1 is 1.03 bits per heavy atom. The number of hydrogen-bond acceptors (Lipinski definition) is 5. The lowest BCUT2D eigenvalue weighted by molar-refractivity contribution is -0.113. The van der Waals surface area contributed by atoms with Gasteiger partial charge in [-0.15, -0.1) is 0 Å². The van der Waals surface area contributed by atoms with Crippen molar-refractivity contribution < 1.29 is 9.18 Å². The number of aromatic nitrogens is 2. The molecule has 5 nitrogen and oxygen atoms in total. The largest absolute Gasteiger partial charge is 0.354 e. The molecule has 0 bridgehead atoms. The van der Waals surface area contributed by atoms with Crippen LogP contribution in [0.3, 0.4) is 0 Å². The van der Waals surface area contributed by atoms with Gasteiger partial charge in [-0.2, -0.15) is 0 Å². The molecule has 4 rings (SSSR count). The van der Waals surface area contributed by atoms with Gasteiger partial charge in [-0.05, 0) is 55.0 Å². The van der Waals surface area contributed by atoms with Gasteiger partial charge >= 0.3 is 0 Å². The number of benzene rings is 2. The van der Waals surface area contributed by atoms with Crippen molar-refractivity contribution in [2.45, 2.75) is 24.3 Å². The van der Waals surface area contributed by atoms with Crippen molar-refractivity contribution in [3.05, 3.63) is 78.4 Å². The SMILES string of the molecule is O=C(CSc1nccnc1N1CCC(Cc2ccccc2)CC1)Nc1ccc(F)cc1. The average Bonchev–Trinajstić information content (AvgIpc) is 2.81. The van der Waals surface area contributed by atoms with Crippen molar-refractivity contribution in [1.29, 1.82) is 0 Å². The molecule has 0 unspecified atom stereocenters. The third kappa shape index (κ3) is 6.04. The molecule has 0 aliphatic carbocycles. The lowest BCUT2D eigenvalue weighted by Crippen LogP contribution is -2.35. The van der Waals surface area contributed by atoms with Crippen LogP contribution in [0.15, 0.2) is 72.0 Å². The number of piperidine rings is 1. The summed E-state index contributed by atoms with van der Waals surface area (Å²) in [5, 5.41) is 3.54. The van der Waals surface area contributed by atoms with Crippen molar-refractivity contribution in [1.82, 2.24) is 9.97 Å². The molecule has 1 aromatic heterocycles. The minimum Gasteiger partial charge on any atom is -0.354 e. The Morgan fingerprint density at radius 2 is 1.74 bits per heavy atom. The quantitative estimate of drug-likeness (QED) is 0.539. The van der Waals surface area contributed by atoms with Crippen molar-refractivity contribution in [2.24, 2.45) is 5.92 Å². The van der Waals surface area contributed by atoms with Crippen LogP contribution in [0.2, 0.25) is 0 Å². The van der Waals surface area contributed by atoms with Gasteiger partial charge in [-0.3, -0.25) is 4.79 Å². The van der Waals surface area contributed by atoms with Crippen LogP contribution in [-0.4, -0.2) is 34.7 Å². The molecule has 31 heavy (non-hydrogen) atoms. The number of nitrogens with zero attached hydrogens (tertiary/aromatic N) is 3. The third-order valence-corrected chi connectivity index (χ3v) is 6.36. The third-order valence-electron chi connectivity index (χ3n) is 5.40. The van der Waals surface area contributed by atoms with Crippen LogP contribution >= 0.6 is 11.8 Å². The van der Waals surface area contributed by atoms with Gasteiger partial charge in [0.15, 0.2) is 5.82 Å². The summed E-state index contributed by atoms with van der Waals surface area (Å²) in [5.74, 6) is 1.25. The Labute approximate surface area is 186 Å². The zero-order valence-electron chi connectivity index (χ0n) is 17.2. The Hall–Kier alpha value is -2.93. The number of rotatable bonds is 7. The van der Waals surface area contributed by atoms with E-state index in [4.69, 9.17) is 0 Å². The lowest BCUT2D eigenvalue weighted by Gasteiger charge is -2.33. The zero-order valence-corrected chi connectivity index (χ0v) is 18.0. The first-order valence-electron chi connectivity index (χ1n) is 10.5. The number of halogens is 1. The van der Waals surface area contributed by atoms with Crippen LogP contribution in [0.4, 0.5) is 15.9 Å².